The summed E-state index contributed by atoms with van der Waals surface area (Å²) in [6.45, 7) is 6.58. The van der Waals surface area contributed by atoms with E-state index in [1.54, 1.807) is 0 Å². The average molecular weight is 230 g/mol. The molecule has 0 saturated carbocycles. The molecule has 2 heteroatoms. The quantitative estimate of drug-likeness (QED) is 0.301. The minimum absolute atomic E-state index is 0.249. The monoisotopic (exact) mass is 230 g/mol. The molecule has 0 spiro atoms. The van der Waals surface area contributed by atoms with E-state index in [9.17, 15) is 5.26 Å². The molecule has 0 heterocycles. The van der Waals surface area contributed by atoms with Crippen molar-refractivity contribution in [1.82, 2.24) is 0 Å². The van der Waals surface area contributed by atoms with Crippen molar-refractivity contribution in [3.63, 3.8) is 0 Å². The van der Waals surface area contributed by atoms with Gasteiger partial charge in [-0.3, -0.25) is 5.26 Å². The molecular weight excluding hydrogens is 200 g/mol. The lowest BCUT2D eigenvalue weighted by molar-refractivity contribution is -0.330. The fourth-order valence-corrected chi connectivity index (χ4v) is 2.21. The third-order valence-electron chi connectivity index (χ3n) is 3.40. The topological polar surface area (TPSA) is 29.5 Å². The predicted molar refractivity (Wildman–Crippen MR) is 69.6 cm³/mol. The van der Waals surface area contributed by atoms with Crippen molar-refractivity contribution >= 4 is 0 Å². The summed E-state index contributed by atoms with van der Waals surface area (Å²) in [6, 6.07) is 0. The molecule has 0 aliphatic heterocycles. The molecule has 1 N–H and O–H groups in total. The first kappa shape index (κ1) is 15.9. The van der Waals surface area contributed by atoms with Gasteiger partial charge in [-0.2, -0.15) is 0 Å². The molecule has 0 unspecified atom stereocenters. The van der Waals surface area contributed by atoms with E-state index in [1.165, 1.54) is 32.1 Å². The maximum atomic E-state index is 9.23. The van der Waals surface area contributed by atoms with Crippen LogP contribution >= 0.6 is 0 Å². The van der Waals surface area contributed by atoms with Gasteiger partial charge < -0.3 is 0 Å². The number of rotatable bonds is 11. The lowest BCUT2D eigenvalue weighted by Gasteiger charge is -2.30. The van der Waals surface area contributed by atoms with E-state index in [2.05, 4.69) is 20.8 Å². The second kappa shape index (κ2) is 10.1. The molecule has 2 nitrogen and oxygen atoms in total. The molecule has 0 aromatic rings. The van der Waals surface area contributed by atoms with E-state index >= 15 is 0 Å². The summed E-state index contributed by atoms with van der Waals surface area (Å²) in [4.78, 5) is 4.89. The Morgan fingerprint density at radius 1 is 0.750 bits per heavy atom. The zero-order chi connectivity index (χ0) is 12.3. The van der Waals surface area contributed by atoms with E-state index in [0.29, 0.717) is 0 Å². The van der Waals surface area contributed by atoms with Gasteiger partial charge in [-0.15, -0.1) is 0 Å². The number of hydrogen-bond donors (Lipinski definition) is 1. The summed E-state index contributed by atoms with van der Waals surface area (Å²) in [5.74, 6) is 0. The van der Waals surface area contributed by atoms with Gasteiger partial charge in [0.1, 0.15) is 5.60 Å². The predicted octanol–water partition coefficient (Wildman–Crippen LogP) is 5.18. The van der Waals surface area contributed by atoms with Crippen LogP contribution in [-0.4, -0.2) is 10.9 Å². The molecule has 0 fully saturated rings. The van der Waals surface area contributed by atoms with Crippen molar-refractivity contribution in [3.8, 4) is 0 Å². The Morgan fingerprint density at radius 3 is 1.56 bits per heavy atom. The summed E-state index contributed by atoms with van der Waals surface area (Å²) in [5.41, 5.74) is -0.249. The average Bonchev–Trinajstić information content (AvgIpc) is 2.32. The molecule has 0 radical (unpaired) electrons. The summed E-state index contributed by atoms with van der Waals surface area (Å²) in [7, 11) is 0. The van der Waals surface area contributed by atoms with E-state index in [-0.39, 0.29) is 5.60 Å². The van der Waals surface area contributed by atoms with Gasteiger partial charge in [-0.25, -0.2) is 4.89 Å². The summed E-state index contributed by atoms with van der Waals surface area (Å²) >= 11 is 0. The van der Waals surface area contributed by atoms with Crippen molar-refractivity contribution < 1.29 is 10.1 Å². The number of hydrogen-bond acceptors (Lipinski definition) is 2. The summed E-state index contributed by atoms with van der Waals surface area (Å²) < 4.78 is 0. The molecule has 0 atom stereocenters. The van der Waals surface area contributed by atoms with Crippen LogP contribution in [0.15, 0.2) is 0 Å². The van der Waals surface area contributed by atoms with Gasteiger partial charge in [0.05, 0.1) is 0 Å². The summed E-state index contributed by atoms with van der Waals surface area (Å²) in [5, 5.41) is 9.23. The van der Waals surface area contributed by atoms with E-state index in [4.69, 9.17) is 4.89 Å². The molecule has 0 amide bonds. The Balaban J connectivity index is 4.16. The fraction of sp³-hybridized carbons (Fsp3) is 1.00. The van der Waals surface area contributed by atoms with Crippen LogP contribution in [0.2, 0.25) is 0 Å². The second-order valence-corrected chi connectivity index (χ2v) is 4.94. The molecular formula is C14H30O2. The van der Waals surface area contributed by atoms with E-state index in [0.717, 1.165) is 32.1 Å². The Morgan fingerprint density at radius 2 is 1.19 bits per heavy atom. The van der Waals surface area contributed by atoms with Crippen LogP contribution in [0.3, 0.4) is 0 Å². The maximum Gasteiger partial charge on any atom is 0.103 e. The largest absolute Gasteiger partial charge is 0.251 e. The van der Waals surface area contributed by atoms with Crippen LogP contribution in [0.5, 0.6) is 0 Å². The smallest absolute Gasteiger partial charge is 0.103 e. The van der Waals surface area contributed by atoms with Crippen molar-refractivity contribution in [3.05, 3.63) is 0 Å². The molecule has 16 heavy (non-hydrogen) atoms. The van der Waals surface area contributed by atoms with Gasteiger partial charge in [0.25, 0.3) is 0 Å². The first-order valence-corrected chi connectivity index (χ1v) is 7.07. The van der Waals surface area contributed by atoms with Crippen molar-refractivity contribution in [2.45, 2.75) is 90.6 Å². The number of unbranched alkanes of at least 4 members (excludes halogenated alkanes) is 4. The highest BCUT2D eigenvalue weighted by Crippen LogP contribution is 2.30. The standard InChI is InChI=1S/C14H30O2/c1-4-7-10-13-14(16-15,11-8-5-2)12-9-6-3/h15H,4-13H2,1-3H3. The van der Waals surface area contributed by atoms with Crippen molar-refractivity contribution in [2.24, 2.45) is 0 Å². The van der Waals surface area contributed by atoms with Gasteiger partial charge in [-0.1, -0.05) is 65.7 Å². The highest BCUT2D eigenvalue weighted by molar-refractivity contribution is 4.79. The van der Waals surface area contributed by atoms with Crippen LogP contribution in [0.25, 0.3) is 0 Å². The van der Waals surface area contributed by atoms with Crippen LogP contribution in [0.1, 0.15) is 85.0 Å². The van der Waals surface area contributed by atoms with Gasteiger partial charge in [0.2, 0.25) is 0 Å². The Labute approximate surface area is 101 Å². The minimum Gasteiger partial charge on any atom is -0.251 e. The van der Waals surface area contributed by atoms with Gasteiger partial charge in [0.15, 0.2) is 0 Å². The second-order valence-electron chi connectivity index (χ2n) is 4.94. The highest BCUT2D eigenvalue weighted by Gasteiger charge is 2.29. The van der Waals surface area contributed by atoms with Gasteiger partial charge in [-0.05, 0) is 19.3 Å². The molecule has 0 aromatic carbocycles. The van der Waals surface area contributed by atoms with Crippen LogP contribution in [-0.2, 0) is 4.89 Å². The molecule has 0 bridgehead atoms. The third kappa shape index (κ3) is 6.49. The maximum absolute atomic E-state index is 9.23. The van der Waals surface area contributed by atoms with E-state index < -0.39 is 0 Å². The van der Waals surface area contributed by atoms with Crippen LogP contribution < -0.4 is 0 Å². The zero-order valence-electron chi connectivity index (χ0n) is 11.4. The van der Waals surface area contributed by atoms with Crippen LogP contribution in [0, 0.1) is 0 Å². The van der Waals surface area contributed by atoms with Gasteiger partial charge >= 0.3 is 0 Å². The van der Waals surface area contributed by atoms with Gasteiger partial charge in [0, 0.05) is 0 Å². The first-order chi connectivity index (χ1) is 7.74. The SMILES string of the molecule is CCCCCC(CCCC)(CCCC)OO. The minimum atomic E-state index is -0.249. The third-order valence-corrected chi connectivity index (χ3v) is 3.40. The first-order valence-electron chi connectivity index (χ1n) is 7.07. The Bertz CT molecular complexity index is 138. The molecule has 0 rings (SSSR count). The van der Waals surface area contributed by atoms with E-state index in [1.807, 2.05) is 0 Å². The molecule has 0 aromatic heterocycles. The van der Waals surface area contributed by atoms with Crippen molar-refractivity contribution in [2.75, 3.05) is 0 Å². The molecule has 0 aliphatic carbocycles. The lowest BCUT2D eigenvalue weighted by atomic mass is 9.86. The highest BCUT2D eigenvalue weighted by atomic mass is 17.1. The van der Waals surface area contributed by atoms with Crippen molar-refractivity contribution in [1.29, 1.82) is 0 Å². The zero-order valence-corrected chi connectivity index (χ0v) is 11.4. The Kier molecular flexibility index (Phi) is 10.0. The lowest BCUT2D eigenvalue weighted by Crippen LogP contribution is -2.31. The molecule has 0 saturated heterocycles. The normalized spacial score (nSPS) is 12.0. The summed E-state index contributed by atoms with van der Waals surface area (Å²) in [6.07, 6.45) is 11.3. The molecule has 0 aliphatic rings. The van der Waals surface area contributed by atoms with Crippen LogP contribution in [0.4, 0.5) is 0 Å². The molecule has 98 valence electrons. The Hall–Kier alpha value is -0.0800. The fourth-order valence-electron chi connectivity index (χ4n) is 2.21.